The summed E-state index contributed by atoms with van der Waals surface area (Å²) in [5, 5.41) is 10.9. The molecule has 3 rings (SSSR count). The number of hydrogen-bond acceptors (Lipinski definition) is 6. The van der Waals surface area contributed by atoms with Gasteiger partial charge in [0.15, 0.2) is 0 Å². The molecule has 1 saturated heterocycles. The number of nitrogens with one attached hydrogen (secondary N) is 1. The van der Waals surface area contributed by atoms with E-state index in [4.69, 9.17) is 20.8 Å². The van der Waals surface area contributed by atoms with Crippen molar-refractivity contribution < 1.29 is 13.9 Å². The maximum Gasteiger partial charge on any atom is 0.308 e. The Labute approximate surface area is 138 Å². The van der Waals surface area contributed by atoms with Crippen LogP contribution in [-0.2, 0) is 4.74 Å². The van der Waals surface area contributed by atoms with Crippen LogP contribution in [0.4, 0.5) is 0 Å². The van der Waals surface area contributed by atoms with Crippen molar-refractivity contribution in [3.63, 3.8) is 0 Å². The predicted octanol–water partition coefficient (Wildman–Crippen LogP) is 1.45. The highest BCUT2D eigenvalue weighted by atomic mass is 35.5. The van der Waals surface area contributed by atoms with E-state index in [-0.39, 0.29) is 17.7 Å². The Kier molecular flexibility index (Phi) is 5.22. The smallest absolute Gasteiger partial charge is 0.308 e. The van der Waals surface area contributed by atoms with Crippen molar-refractivity contribution in [3.8, 4) is 11.5 Å². The first-order valence-electron chi connectivity index (χ1n) is 7.41. The average Bonchev–Trinajstić information content (AvgIpc) is 3.06. The third kappa shape index (κ3) is 4.07. The summed E-state index contributed by atoms with van der Waals surface area (Å²) in [7, 11) is 0. The van der Waals surface area contributed by atoms with E-state index < -0.39 is 0 Å². The number of amides is 1. The fraction of sp³-hybridized carbons (Fsp3) is 0.400. The molecule has 1 aliphatic rings. The quantitative estimate of drug-likeness (QED) is 0.890. The summed E-state index contributed by atoms with van der Waals surface area (Å²) in [4.78, 5) is 14.3. The molecular formula is C15H17ClN4O3. The van der Waals surface area contributed by atoms with E-state index in [1.807, 2.05) is 12.1 Å². The van der Waals surface area contributed by atoms with Gasteiger partial charge in [-0.25, -0.2) is 0 Å². The standard InChI is InChI=1S/C15H17ClN4O3/c16-12-4-2-1-3-11(12)14-18-19-15(23-14)13(21)17-5-6-20-7-9-22-10-8-20/h1-4H,5-10H2,(H,17,21). The van der Waals surface area contributed by atoms with Crippen LogP contribution in [0, 0.1) is 0 Å². The number of carbonyl (C=O) groups excluding carboxylic acids is 1. The van der Waals surface area contributed by atoms with E-state index >= 15 is 0 Å². The van der Waals surface area contributed by atoms with E-state index in [0.29, 0.717) is 17.1 Å². The number of benzene rings is 1. The fourth-order valence-electron chi connectivity index (χ4n) is 2.29. The number of morpholine rings is 1. The van der Waals surface area contributed by atoms with Crippen LogP contribution in [0.1, 0.15) is 10.7 Å². The topological polar surface area (TPSA) is 80.5 Å². The van der Waals surface area contributed by atoms with E-state index in [0.717, 1.165) is 32.8 Å². The Morgan fingerprint density at radius 3 is 2.83 bits per heavy atom. The summed E-state index contributed by atoms with van der Waals surface area (Å²) in [6.07, 6.45) is 0. The lowest BCUT2D eigenvalue weighted by atomic mass is 10.2. The molecule has 0 aliphatic carbocycles. The molecule has 1 amide bonds. The number of rotatable bonds is 5. The molecule has 8 heteroatoms. The second kappa shape index (κ2) is 7.54. The zero-order valence-corrected chi connectivity index (χ0v) is 13.3. The van der Waals surface area contributed by atoms with E-state index in [1.165, 1.54) is 0 Å². The molecule has 1 aliphatic heterocycles. The van der Waals surface area contributed by atoms with Crippen molar-refractivity contribution in [2.24, 2.45) is 0 Å². The van der Waals surface area contributed by atoms with Crippen LogP contribution >= 0.6 is 11.6 Å². The van der Waals surface area contributed by atoms with Gasteiger partial charge in [-0.05, 0) is 12.1 Å². The van der Waals surface area contributed by atoms with Crippen LogP contribution in [0.3, 0.4) is 0 Å². The van der Waals surface area contributed by atoms with Crippen LogP contribution < -0.4 is 5.32 Å². The molecule has 1 aromatic carbocycles. The van der Waals surface area contributed by atoms with Gasteiger partial charge in [-0.15, -0.1) is 10.2 Å². The normalized spacial score (nSPS) is 15.5. The predicted molar refractivity (Wildman–Crippen MR) is 84.3 cm³/mol. The minimum atomic E-state index is -0.385. The summed E-state index contributed by atoms with van der Waals surface area (Å²) < 4.78 is 10.7. The van der Waals surface area contributed by atoms with Gasteiger partial charge in [0.2, 0.25) is 5.89 Å². The van der Waals surface area contributed by atoms with Crippen LogP contribution in [0.15, 0.2) is 28.7 Å². The summed E-state index contributed by atoms with van der Waals surface area (Å²) in [6, 6.07) is 7.11. The average molecular weight is 337 g/mol. The summed E-state index contributed by atoms with van der Waals surface area (Å²) in [5.41, 5.74) is 0.606. The third-order valence-electron chi connectivity index (χ3n) is 3.54. The monoisotopic (exact) mass is 336 g/mol. The zero-order valence-electron chi connectivity index (χ0n) is 12.5. The van der Waals surface area contributed by atoms with Crippen molar-refractivity contribution in [2.75, 3.05) is 39.4 Å². The maximum atomic E-state index is 12.0. The molecule has 23 heavy (non-hydrogen) atoms. The Hall–Kier alpha value is -1.96. The van der Waals surface area contributed by atoms with Gasteiger partial charge >= 0.3 is 11.8 Å². The van der Waals surface area contributed by atoms with Gasteiger partial charge in [0, 0.05) is 26.2 Å². The molecule has 2 heterocycles. The number of carbonyl (C=O) groups is 1. The lowest BCUT2D eigenvalue weighted by Crippen LogP contribution is -2.41. The highest BCUT2D eigenvalue weighted by Gasteiger charge is 2.17. The first-order chi connectivity index (χ1) is 11.2. The summed E-state index contributed by atoms with van der Waals surface area (Å²) in [5.74, 6) is -0.222. The number of halogens is 1. The number of nitrogens with zero attached hydrogens (tertiary/aromatic N) is 3. The SMILES string of the molecule is O=C(NCCN1CCOCC1)c1nnc(-c2ccccc2Cl)o1. The first-order valence-corrected chi connectivity index (χ1v) is 7.78. The van der Waals surface area contributed by atoms with Gasteiger partial charge < -0.3 is 14.5 Å². The van der Waals surface area contributed by atoms with E-state index in [9.17, 15) is 4.79 Å². The molecule has 1 fully saturated rings. The third-order valence-corrected chi connectivity index (χ3v) is 3.87. The minimum Gasteiger partial charge on any atom is -0.412 e. The summed E-state index contributed by atoms with van der Waals surface area (Å²) >= 11 is 6.07. The molecular weight excluding hydrogens is 320 g/mol. The highest BCUT2D eigenvalue weighted by Crippen LogP contribution is 2.26. The Morgan fingerprint density at radius 1 is 1.26 bits per heavy atom. The van der Waals surface area contributed by atoms with Gasteiger partial charge in [-0.3, -0.25) is 9.69 Å². The minimum absolute atomic E-state index is 0.0677. The highest BCUT2D eigenvalue weighted by molar-refractivity contribution is 6.33. The van der Waals surface area contributed by atoms with Gasteiger partial charge in [0.1, 0.15) is 0 Å². The molecule has 0 saturated carbocycles. The van der Waals surface area contributed by atoms with Crippen LogP contribution in [0.5, 0.6) is 0 Å². The molecule has 0 bridgehead atoms. The van der Waals surface area contributed by atoms with Crippen molar-refractivity contribution in [1.82, 2.24) is 20.4 Å². The zero-order chi connectivity index (χ0) is 16.1. The Morgan fingerprint density at radius 2 is 2.04 bits per heavy atom. The molecule has 1 aromatic heterocycles. The van der Waals surface area contributed by atoms with Gasteiger partial charge in [0.25, 0.3) is 0 Å². The lowest BCUT2D eigenvalue weighted by Gasteiger charge is -2.26. The van der Waals surface area contributed by atoms with Crippen LogP contribution in [0.2, 0.25) is 5.02 Å². The molecule has 1 N–H and O–H groups in total. The van der Waals surface area contributed by atoms with Crippen molar-refractivity contribution >= 4 is 17.5 Å². The molecule has 0 unspecified atom stereocenters. The van der Waals surface area contributed by atoms with Gasteiger partial charge in [0.05, 0.1) is 23.8 Å². The fourth-order valence-corrected chi connectivity index (χ4v) is 2.50. The van der Waals surface area contributed by atoms with E-state index in [1.54, 1.807) is 12.1 Å². The molecule has 0 spiro atoms. The number of aromatic nitrogens is 2. The first kappa shape index (κ1) is 15.9. The van der Waals surface area contributed by atoms with Crippen LogP contribution in [-0.4, -0.2) is 60.4 Å². The van der Waals surface area contributed by atoms with Crippen molar-refractivity contribution in [3.05, 3.63) is 35.2 Å². The lowest BCUT2D eigenvalue weighted by molar-refractivity contribution is 0.0382. The molecule has 7 nitrogen and oxygen atoms in total. The Bertz CT molecular complexity index is 670. The maximum absolute atomic E-state index is 12.0. The van der Waals surface area contributed by atoms with Crippen molar-refractivity contribution in [2.45, 2.75) is 0 Å². The summed E-state index contributed by atoms with van der Waals surface area (Å²) in [6.45, 7) is 4.51. The second-order valence-corrected chi connectivity index (χ2v) is 5.51. The number of ether oxygens (including phenoxy) is 1. The number of hydrogen-bond donors (Lipinski definition) is 1. The largest absolute Gasteiger partial charge is 0.412 e. The molecule has 122 valence electrons. The molecule has 2 aromatic rings. The van der Waals surface area contributed by atoms with Gasteiger partial charge in [-0.1, -0.05) is 23.7 Å². The Balaban J connectivity index is 1.55. The molecule has 0 radical (unpaired) electrons. The van der Waals surface area contributed by atoms with Gasteiger partial charge in [-0.2, -0.15) is 0 Å². The van der Waals surface area contributed by atoms with Crippen LogP contribution in [0.25, 0.3) is 11.5 Å². The second-order valence-electron chi connectivity index (χ2n) is 5.10. The molecule has 0 atom stereocenters. The van der Waals surface area contributed by atoms with E-state index in [2.05, 4.69) is 20.4 Å². The van der Waals surface area contributed by atoms with Crippen molar-refractivity contribution in [1.29, 1.82) is 0 Å².